The van der Waals surface area contributed by atoms with E-state index in [0.717, 1.165) is 48.3 Å². The lowest BCUT2D eigenvalue weighted by Crippen LogP contribution is -2.31. The van der Waals surface area contributed by atoms with Crippen LogP contribution in [0.25, 0.3) is 10.7 Å². The summed E-state index contributed by atoms with van der Waals surface area (Å²) < 4.78 is 0. The van der Waals surface area contributed by atoms with E-state index < -0.39 is 0 Å². The maximum absolute atomic E-state index is 4.75. The normalized spacial score (nSPS) is 15.0. The molecule has 22 heavy (non-hydrogen) atoms. The molecular weight excluding hydrogens is 294 g/mol. The first-order chi connectivity index (χ1) is 10.8. The van der Waals surface area contributed by atoms with Gasteiger partial charge in [-0.25, -0.2) is 15.0 Å². The van der Waals surface area contributed by atoms with E-state index in [1.807, 2.05) is 25.4 Å². The van der Waals surface area contributed by atoms with Crippen LogP contribution in [0.1, 0.15) is 22.8 Å². The number of hydrogen-bond donors (Lipinski definition) is 1. The van der Waals surface area contributed by atoms with Crippen molar-refractivity contribution < 1.29 is 0 Å². The Morgan fingerprint density at radius 3 is 3.05 bits per heavy atom. The number of fused-ring (bicyclic) bond motifs is 1. The van der Waals surface area contributed by atoms with E-state index >= 15 is 0 Å². The molecule has 1 aliphatic rings. The highest BCUT2D eigenvalue weighted by Gasteiger charge is 2.19. The number of nitrogens with zero attached hydrogens (tertiary/aromatic N) is 4. The van der Waals surface area contributed by atoms with Crippen LogP contribution < -0.4 is 0 Å². The molecule has 0 atom stereocenters. The van der Waals surface area contributed by atoms with E-state index in [4.69, 9.17) is 4.98 Å². The van der Waals surface area contributed by atoms with Crippen LogP contribution in [0.5, 0.6) is 0 Å². The van der Waals surface area contributed by atoms with Crippen molar-refractivity contribution in [1.29, 1.82) is 0 Å². The van der Waals surface area contributed by atoms with Crippen molar-refractivity contribution in [3.63, 3.8) is 0 Å². The topological polar surface area (TPSA) is 57.7 Å². The van der Waals surface area contributed by atoms with Gasteiger partial charge in [-0.2, -0.15) is 0 Å². The van der Waals surface area contributed by atoms with Gasteiger partial charge in [0, 0.05) is 49.7 Å². The van der Waals surface area contributed by atoms with E-state index in [-0.39, 0.29) is 0 Å². The van der Waals surface area contributed by atoms with Crippen LogP contribution >= 0.6 is 11.3 Å². The van der Waals surface area contributed by atoms with Crippen molar-refractivity contribution in [2.45, 2.75) is 26.4 Å². The van der Waals surface area contributed by atoms with E-state index in [9.17, 15) is 0 Å². The molecule has 112 valence electrons. The smallest absolute Gasteiger partial charge is 0.169 e. The number of aromatic nitrogens is 4. The average molecular weight is 311 g/mol. The highest BCUT2D eigenvalue weighted by Crippen LogP contribution is 2.24. The molecule has 0 fully saturated rings. The summed E-state index contributed by atoms with van der Waals surface area (Å²) in [4.78, 5) is 20.4. The summed E-state index contributed by atoms with van der Waals surface area (Å²) in [5.74, 6) is 1.82. The molecule has 1 aliphatic heterocycles. The predicted octanol–water partition coefficient (Wildman–Crippen LogP) is 2.79. The number of aromatic amines is 1. The second-order valence-corrected chi connectivity index (χ2v) is 6.55. The lowest BCUT2D eigenvalue weighted by atomic mass is 10.1. The number of imidazole rings is 1. The zero-order valence-corrected chi connectivity index (χ0v) is 13.2. The zero-order chi connectivity index (χ0) is 14.9. The van der Waals surface area contributed by atoms with Gasteiger partial charge in [-0.3, -0.25) is 4.90 Å². The Bertz CT molecular complexity index is 778. The van der Waals surface area contributed by atoms with Crippen LogP contribution in [0.4, 0.5) is 0 Å². The highest BCUT2D eigenvalue weighted by molar-refractivity contribution is 7.13. The largest absolute Gasteiger partial charge is 0.345 e. The molecule has 0 bridgehead atoms. The minimum atomic E-state index is 0.853. The third-order valence-corrected chi connectivity index (χ3v) is 4.77. The summed E-state index contributed by atoms with van der Waals surface area (Å²) in [6.07, 6.45) is 4.88. The zero-order valence-electron chi connectivity index (χ0n) is 12.4. The Labute approximate surface area is 133 Å². The number of H-pyrrole nitrogens is 1. The average Bonchev–Trinajstić information content (AvgIpc) is 3.19. The Morgan fingerprint density at radius 2 is 2.27 bits per heavy atom. The first kappa shape index (κ1) is 13.6. The molecule has 0 amide bonds. The summed E-state index contributed by atoms with van der Waals surface area (Å²) in [7, 11) is 0. The lowest BCUT2D eigenvalue weighted by molar-refractivity contribution is 0.240. The van der Waals surface area contributed by atoms with Gasteiger partial charge in [-0.1, -0.05) is 6.07 Å². The summed E-state index contributed by atoms with van der Waals surface area (Å²) >= 11 is 1.68. The molecule has 0 unspecified atom stereocenters. The maximum Gasteiger partial charge on any atom is 0.169 e. The Morgan fingerprint density at radius 1 is 1.32 bits per heavy atom. The van der Waals surface area contributed by atoms with Crippen LogP contribution in [0.3, 0.4) is 0 Å². The molecule has 4 heterocycles. The van der Waals surface area contributed by atoms with Crippen LogP contribution in [0, 0.1) is 6.92 Å². The van der Waals surface area contributed by atoms with Crippen LogP contribution in [0.15, 0.2) is 29.9 Å². The first-order valence-electron chi connectivity index (χ1n) is 7.39. The van der Waals surface area contributed by atoms with E-state index in [1.165, 1.54) is 11.3 Å². The van der Waals surface area contributed by atoms with Gasteiger partial charge in [0.1, 0.15) is 5.82 Å². The van der Waals surface area contributed by atoms with Crippen molar-refractivity contribution in [3.8, 4) is 10.7 Å². The van der Waals surface area contributed by atoms with Gasteiger partial charge in [0.15, 0.2) is 5.82 Å². The molecule has 6 heteroatoms. The number of thiophene rings is 1. The van der Waals surface area contributed by atoms with Crippen molar-refractivity contribution in [3.05, 3.63) is 52.7 Å². The maximum atomic E-state index is 4.75. The molecular formula is C16H17N5S. The van der Waals surface area contributed by atoms with Crippen LogP contribution in [-0.4, -0.2) is 31.4 Å². The number of nitrogens with one attached hydrogen (secondary N) is 1. The first-order valence-corrected chi connectivity index (χ1v) is 8.27. The van der Waals surface area contributed by atoms with Crippen molar-refractivity contribution in [1.82, 2.24) is 24.8 Å². The monoisotopic (exact) mass is 311 g/mol. The third-order valence-electron chi connectivity index (χ3n) is 3.90. The molecule has 5 nitrogen and oxygen atoms in total. The quantitative estimate of drug-likeness (QED) is 0.808. The number of rotatable bonds is 3. The standard InChI is InChI=1S/C16H17N5S/c1-11-17-8-13(19-11)10-21-5-4-14-12(9-21)7-18-16(20-14)15-3-2-6-22-15/h2-3,6-8H,4-5,9-10H2,1H3,(H,17,19). The summed E-state index contributed by atoms with van der Waals surface area (Å²) in [6, 6.07) is 4.11. The fourth-order valence-corrected chi connectivity index (χ4v) is 3.49. The minimum absolute atomic E-state index is 0.853. The van der Waals surface area contributed by atoms with Gasteiger partial charge >= 0.3 is 0 Å². The predicted molar refractivity (Wildman–Crippen MR) is 86.5 cm³/mol. The molecule has 3 aromatic rings. The number of hydrogen-bond acceptors (Lipinski definition) is 5. The molecule has 0 saturated heterocycles. The van der Waals surface area contributed by atoms with Crippen molar-refractivity contribution in [2.24, 2.45) is 0 Å². The summed E-state index contributed by atoms with van der Waals surface area (Å²) in [6.45, 7) is 4.80. The van der Waals surface area contributed by atoms with E-state index in [2.05, 4.69) is 31.3 Å². The third kappa shape index (κ3) is 2.67. The van der Waals surface area contributed by atoms with Gasteiger partial charge in [-0.15, -0.1) is 11.3 Å². The van der Waals surface area contributed by atoms with Gasteiger partial charge in [0.25, 0.3) is 0 Å². The summed E-state index contributed by atoms with van der Waals surface area (Å²) in [5, 5.41) is 2.06. The SMILES string of the molecule is Cc1ncc(CN2CCc3nc(-c4cccs4)ncc3C2)[nH]1. The lowest BCUT2D eigenvalue weighted by Gasteiger charge is -2.27. The fourth-order valence-electron chi connectivity index (χ4n) is 2.83. The molecule has 0 aromatic carbocycles. The second-order valence-electron chi connectivity index (χ2n) is 5.60. The highest BCUT2D eigenvalue weighted by atomic mass is 32.1. The van der Waals surface area contributed by atoms with Gasteiger partial charge < -0.3 is 4.98 Å². The second kappa shape index (κ2) is 5.62. The molecule has 0 saturated carbocycles. The number of aryl methyl sites for hydroxylation is 1. The molecule has 3 aromatic heterocycles. The van der Waals surface area contributed by atoms with E-state index in [0.29, 0.717) is 0 Å². The molecule has 1 N–H and O–H groups in total. The van der Waals surface area contributed by atoms with Crippen LogP contribution in [0.2, 0.25) is 0 Å². The molecule has 0 radical (unpaired) electrons. The Balaban J connectivity index is 1.52. The molecule has 0 aliphatic carbocycles. The van der Waals surface area contributed by atoms with Gasteiger partial charge in [0.2, 0.25) is 0 Å². The summed E-state index contributed by atoms with van der Waals surface area (Å²) in [5.41, 5.74) is 3.59. The van der Waals surface area contributed by atoms with Crippen molar-refractivity contribution in [2.75, 3.05) is 6.54 Å². The molecule has 4 rings (SSSR count). The van der Waals surface area contributed by atoms with Gasteiger partial charge in [0.05, 0.1) is 10.6 Å². The molecule has 0 spiro atoms. The minimum Gasteiger partial charge on any atom is -0.345 e. The Hall–Kier alpha value is -2.05. The van der Waals surface area contributed by atoms with Gasteiger partial charge in [-0.05, 0) is 18.4 Å². The fraction of sp³-hybridized carbons (Fsp3) is 0.312. The van der Waals surface area contributed by atoms with E-state index in [1.54, 1.807) is 11.3 Å². The van der Waals surface area contributed by atoms with Crippen molar-refractivity contribution >= 4 is 11.3 Å². The van der Waals surface area contributed by atoms with Crippen LogP contribution in [-0.2, 0) is 19.5 Å². The Kier molecular flexibility index (Phi) is 3.48.